The van der Waals surface area contributed by atoms with E-state index in [0.29, 0.717) is 29.4 Å². The fourth-order valence-corrected chi connectivity index (χ4v) is 2.55. The third-order valence-electron chi connectivity index (χ3n) is 3.71. The lowest BCUT2D eigenvalue weighted by atomic mass is 10.1. The number of carbonyl (C=O) groups is 1. The molecule has 2 aromatic rings. The van der Waals surface area contributed by atoms with Crippen molar-refractivity contribution in [3.63, 3.8) is 0 Å². The van der Waals surface area contributed by atoms with Gasteiger partial charge in [-0.25, -0.2) is 4.39 Å². The Morgan fingerprint density at radius 1 is 1.22 bits per heavy atom. The molecule has 23 heavy (non-hydrogen) atoms. The van der Waals surface area contributed by atoms with Crippen molar-refractivity contribution in [3.05, 3.63) is 64.9 Å². The van der Waals surface area contributed by atoms with Gasteiger partial charge in [-0.3, -0.25) is 4.79 Å². The van der Waals surface area contributed by atoms with E-state index in [2.05, 4.69) is 0 Å². The van der Waals surface area contributed by atoms with Gasteiger partial charge < -0.3 is 14.7 Å². The van der Waals surface area contributed by atoms with Crippen molar-refractivity contribution < 1.29 is 19.0 Å². The zero-order valence-corrected chi connectivity index (χ0v) is 12.9. The zero-order chi connectivity index (χ0) is 16.4. The number of likely N-dealkylation sites (tertiary alicyclic amines) is 1. The van der Waals surface area contributed by atoms with Gasteiger partial charge in [-0.2, -0.15) is 0 Å². The first-order valence-electron chi connectivity index (χ1n) is 7.18. The Morgan fingerprint density at radius 3 is 2.52 bits per heavy atom. The molecule has 6 heteroatoms. The first-order chi connectivity index (χ1) is 11.0. The van der Waals surface area contributed by atoms with Gasteiger partial charge in [0, 0.05) is 0 Å². The summed E-state index contributed by atoms with van der Waals surface area (Å²) in [4.78, 5) is 13.7. The third-order valence-corrected chi connectivity index (χ3v) is 4.02. The maximum atomic E-state index is 12.9. The van der Waals surface area contributed by atoms with Crippen LogP contribution in [0.2, 0.25) is 5.02 Å². The highest BCUT2D eigenvalue weighted by molar-refractivity contribution is 6.32. The fraction of sp³-hybridized carbons (Fsp3) is 0.235. The van der Waals surface area contributed by atoms with Gasteiger partial charge in [0.25, 0.3) is 5.91 Å². The Balaban J connectivity index is 1.55. The minimum absolute atomic E-state index is 0.153. The summed E-state index contributed by atoms with van der Waals surface area (Å²) in [6.45, 7) is 0.755. The molecule has 0 saturated carbocycles. The number of amides is 1. The number of halogens is 2. The summed E-state index contributed by atoms with van der Waals surface area (Å²) in [5.74, 6) is -0.258. The Kier molecular flexibility index (Phi) is 4.50. The van der Waals surface area contributed by atoms with Crippen molar-refractivity contribution in [3.8, 4) is 5.75 Å². The van der Waals surface area contributed by atoms with Gasteiger partial charge in [-0.15, -0.1) is 0 Å². The Morgan fingerprint density at radius 2 is 1.87 bits per heavy atom. The van der Waals surface area contributed by atoms with E-state index in [1.165, 1.54) is 29.2 Å². The van der Waals surface area contributed by atoms with E-state index in [9.17, 15) is 14.3 Å². The van der Waals surface area contributed by atoms with Crippen LogP contribution in [0.3, 0.4) is 0 Å². The highest BCUT2D eigenvalue weighted by atomic mass is 35.5. The topological polar surface area (TPSA) is 49.8 Å². The van der Waals surface area contributed by atoms with E-state index in [1.54, 1.807) is 12.1 Å². The molecule has 1 saturated heterocycles. The first kappa shape index (κ1) is 15.8. The quantitative estimate of drug-likeness (QED) is 0.934. The van der Waals surface area contributed by atoms with Gasteiger partial charge in [0.15, 0.2) is 6.10 Å². The smallest absolute Gasteiger partial charge is 0.256 e. The number of carbonyl (C=O) groups excluding carboxylic acids is 1. The highest BCUT2D eigenvalue weighted by Crippen LogP contribution is 2.27. The normalized spacial score (nSPS) is 15.9. The van der Waals surface area contributed by atoms with Crippen LogP contribution in [-0.4, -0.2) is 35.1 Å². The SMILES string of the molecule is O=C([C@H](O)c1ccc(F)cc1)N1CC(Oc2ccccc2Cl)C1. The lowest BCUT2D eigenvalue weighted by Crippen LogP contribution is -2.57. The molecule has 0 radical (unpaired) electrons. The van der Waals surface area contributed by atoms with Crippen molar-refractivity contribution in [2.45, 2.75) is 12.2 Å². The molecule has 1 N–H and O–H groups in total. The van der Waals surface area contributed by atoms with Crippen molar-refractivity contribution in [1.29, 1.82) is 0 Å². The molecule has 1 fully saturated rings. The van der Waals surface area contributed by atoms with Gasteiger partial charge in [-0.1, -0.05) is 35.9 Å². The molecule has 1 heterocycles. The minimum atomic E-state index is -1.29. The van der Waals surface area contributed by atoms with Crippen LogP contribution in [0.25, 0.3) is 0 Å². The molecule has 1 aliphatic rings. The van der Waals surface area contributed by atoms with E-state index in [0.717, 1.165) is 0 Å². The van der Waals surface area contributed by atoms with E-state index >= 15 is 0 Å². The number of para-hydroxylation sites is 1. The third kappa shape index (κ3) is 3.46. The van der Waals surface area contributed by atoms with Gasteiger partial charge in [0.2, 0.25) is 0 Å². The van der Waals surface area contributed by atoms with Crippen molar-refractivity contribution in [2.24, 2.45) is 0 Å². The summed E-state index contributed by atoms with van der Waals surface area (Å²) in [5.41, 5.74) is 0.367. The van der Waals surface area contributed by atoms with Crippen molar-refractivity contribution >= 4 is 17.5 Å². The first-order valence-corrected chi connectivity index (χ1v) is 7.56. The van der Waals surface area contributed by atoms with Crippen LogP contribution in [-0.2, 0) is 4.79 Å². The molecular weight excluding hydrogens is 321 g/mol. The standard InChI is InChI=1S/C17H15ClFNO3/c18-14-3-1-2-4-15(14)23-13-9-20(10-13)17(22)16(21)11-5-7-12(19)8-6-11/h1-8,13,16,21H,9-10H2/t16-/m1/s1. The number of aliphatic hydroxyl groups is 1. The number of hydrogen-bond donors (Lipinski definition) is 1. The molecule has 2 aromatic carbocycles. The number of rotatable bonds is 4. The lowest BCUT2D eigenvalue weighted by molar-refractivity contribution is -0.149. The maximum absolute atomic E-state index is 12.9. The van der Waals surface area contributed by atoms with E-state index in [1.807, 2.05) is 12.1 Å². The summed E-state index contributed by atoms with van der Waals surface area (Å²) < 4.78 is 18.6. The molecule has 1 amide bonds. The molecular formula is C17H15ClFNO3. The minimum Gasteiger partial charge on any atom is -0.485 e. The second kappa shape index (κ2) is 6.56. The summed E-state index contributed by atoms with van der Waals surface area (Å²) in [5, 5.41) is 10.6. The highest BCUT2D eigenvalue weighted by Gasteiger charge is 2.35. The molecule has 1 atom stereocenters. The van der Waals surface area contributed by atoms with E-state index in [-0.39, 0.29) is 6.10 Å². The van der Waals surface area contributed by atoms with Gasteiger partial charge in [0.1, 0.15) is 17.7 Å². The predicted molar refractivity (Wildman–Crippen MR) is 83.8 cm³/mol. The van der Waals surface area contributed by atoms with Crippen LogP contribution in [0.1, 0.15) is 11.7 Å². The number of aliphatic hydroxyl groups excluding tert-OH is 1. The largest absolute Gasteiger partial charge is 0.485 e. The second-order valence-corrected chi connectivity index (χ2v) is 5.77. The van der Waals surface area contributed by atoms with Crippen LogP contribution >= 0.6 is 11.6 Å². The lowest BCUT2D eigenvalue weighted by Gasteiger charge is -2.40. The number of hydrogen-bond acceptors (Lipinski definition) is 3. The average molecular weight is 336 g/mol. The van der Waals surface area contributed by atoms with Crippen LogP contribution in [0.5, 0.6) is 5.75 Å². The molecule has 0 spiro atoms. The number of nitrogens with zero attached hydrogens (tertiary/aromatic N) is 1. The second-order valence-electron chi connectivity index (χ2n) is 5.37. The molecule has 120 valence electrons. The van der Waals surface area contributed by atoms with E-state index in [4.69, 9.17) is 16.3 Å². The molecule has 1 aliphatic heterocycles. The predicted octanol–water partition coefficient (Wildman–Crippen LogP) is 2.80. The fourth-order valence-electron chi connectivity index (χ4n) is 2.37. The van der Waals surface area contributed by atoms with Crippen molar-refractivity contribution in [2.75, 3.05) is 13.1 Å². The maximum Gasteiger partial charge on any atom is 0.256 e. The van der Waals surface area contributed by atoms with Crippen LogP contribution in [0.4, 0.5) is 4.39 Å². The zero-order valence-electron chi connectivity index (χ0n) is 12.2. The molecule has 3 rings (SSSR count). The summed E-state index contributed by atoms with van der Waals surface area (Å²) in [7, 11) is 0. The summed E-state index contributed by atoms with van der Waals surface area (Å²) >= 11 is 6.02. The molecule has 0 aliphatic carbocycles. The monoisotopic (exact) mass is 335 g/mol. The molecule has 0 unspecified atom stereocenters. The van der Waals surface area contributed by atoms with Crippen LogP contribution < -0.4 is 4.74 Å². The number of benzene rings is 2. The van der Waals surface area contributed by atoms with Crippen molar-refractivity contribution in [1.82, 2.24) is 4.90 Å². The summed E-state index contributed by atoms with van der Waals surface area (Å²) in [6.07, 6.45) is -1.45. The van der Waals surface area contributed by atoms with Gasteiger partial charge in [-0.05, 0) is 29.8 Å². The van der Waals surface area contributed by atoms with Gasteiger partial charge in [0.05, 0.1) is 18.1 Å². The summed E-state index contributed by atoms with van der Waals surface area (Å²) in [6, 6.07) is 12.4. The van der Waals surface area contributed by atoms with Gasteiger partial charge >= 0.3 is 0 Å². The Bertz CT molecular complexity index is 701. The molecule has 0 bridgehead atoms. The van der Waals surface area contributed by atoms with Crippen LogP contribution in [0, 0.1) is 5.82 Å². The number of ether oxygens (including phenoxy) is 1. The molecule has 4 nitrogen and oxygen atoms in total. The Hall–Kier alpha value is -2.11. The Labute approximate surface area is 138 Å². The van der Waals surface area contributed by atoms with E-state index < -0.39 is 17.8 Å². The van der Waals surface area contributed by atoms with Crippen LogP contribution in [0.15, 0.2) is 48.5 Å². The molecule has 0 aromatic heterocycles. The average Bonchev–Trinajstić information content (AvgIpc) is 2.51.